The Hall–Kier alpha value is -3.32. The van der Waals surface area contributed by atoms with Gasteiger partial charge >= 0.3 is 6.61 Å². The quantitative estimate of drug-likeness (QED) is 0.441. The van der Waals surface area contributed by atoms with Gasteiger partial charge in [-0.1, -0.05) is 0 Å². The Balaban J connectivity index is 1.49. The highest BCUT2D eigenvalue weighted by atomic mass is 19.3. The number of nitrogens with one attached hydrogen (secondary N) is 2. The number of alkyl halides is 2. The van der Waals surface area contributed by atoms with Crippen LogP contribution in [0.25, 0.3) is 10.9 Å². The number of terminal acetylenes is 1. The average molecular weight is 463 g/mol. The molecule has 2 N–H and O–H groups in total. The zero-order valence-electron chi connectivity index (χ0n) is 17.8. The molecule has 2 amide bonds. The van der Waals surface area contributed by atoms with Gasteiger partial charge in [0, 0.05) is 36.7 Å². The predicted molar refractivity (Wildman–Crippen MR) is 114 cm³/mol. The third-order valence-corrected chi connectivity index (χ3v) is 5.26. The summed E-state index contributed by atoms with van der Waals surface area (Å²) in [6.07, 6.45) is 9.58. The molecular weight excluding hydrogens is 439 g/mol. The van der Waals surface area contributed by atoms with Crippen molar-refractivity contribution in [2.75, 3.05) is 13.2 Å². The van der Waals surface area contributed by atoms with Crippen molar-refractivity contribution in [3.63, 3.8) is 0 Å². The van der Waals surface area contributed by atoms with Gasteiger partial charge in [0.1, 0.15) is 6.61 Å². The maximum atomic E-state index is 14.0. The van der Waals surface area contributed by atoms with Gasteiger partial charge in [0.05, 0.1) is 17.2 Å². The number of fused-ring (bicyclic) bond motifs is 1. The smallest absolute Gasteiger partial charge is 0.387 e. The Bertz CT molecular complexity index is 1030. The number of rotatable bonds is 9. The first kappa shape index (κ1) is 24.3. The lowest BCUT2D eigenvalue weighted by Gasteiger charge is -2.29. The van der Waals surface area contributed by atoms with Crippen LogP contribution in [-0.4, -0.2) is 48.7 Å². The summed E-state index contributed by atoms with van der Waals surface area (Å²) in [5.41, 5.74) is 0.455. The Morgan fingerprint density at radius 1 is 1.21 bits per heavy atom. The lowest BCUT2D eigenvalue weighted by atomic mass is 9.92. The molecule has 1 aromatic heterocycles. The van der Waals surface area contributed by atoms with Crippen LogP contribution in [0.3, 0.4) is 0 Å². The van der Waals surface area contributed by atoms with Crippen LogP contribution in [-0.2, 0) is 9.53 Å². The fraction of sp³-hybridized carbons (Fsp3) is 0.435. The number of hydrogen-bond donors (Lipinski definition) is 2. The van der Waals surface area contributed by atoms with E-state index in [-0.39, 0.29) is 41.6 Å². The molecule has 7 nitrogen and oxygen atoms in total. The molecule has 1 aliphatic carbocycles. The van der Waals surface area contributed by atoms with Gasteiger partial charge in [0.25, 0.3) is 5.91 Å². The number of ether oxygens (including phenoxy) is 2. The molecule has 0 spiro atoms. The minimum Gasteiger partial charge on any atom is -0.432 e. The Morgan fingerprint density at radius 2 is 1.97 bits per heavy atom. The normalized spacial score (nSPS) is 18.0. The highest BCUT2D eigenvalue weighted by Crippen LogP contribution is 2.26. The lowest BCUT2D eigenvalue weighted by molar-refractivity contribution is -0.128. The Labute approximate surface area is 189 Å². The molecule has 176 valence electrons. The van der Waals surface area contributed by atoms with Crippen molar-refractivity contribution in [3.05, 3.63) is 35.8 Å². The van der Waals surface area contributed by atoms with Gasteiger partial charge in [-0.05, 0) is 37.8 Å². The Morgan fingerprint density at radius 3 is 2.67 bits per heavy atom. The van der Waals surface area contributed by atoms with E-state index in [4.69, 9.17) is 11.2 Å². The first-order valence-corrected chi connectivity index (χ1v) is 10.5. The largest absolute Gasteiger partial charge is 0.432 e. The van der Waals surface area contributed by atoms with Crippen LogP contribution in [0.2, 0.25) is 0 Å². The van der Waals surface area contributed by atoms with Crippen LogP contribution in [0, 0.1) is 18.2 Å². The van der Waals surface area contributed by atoms with Gasteiger partial charge in [-0.25, -0.2) is 4.39 Å². The van der Waals surface area contributed by atoms with Crippen LogP contribution >= 0.6 is 0 Å². The van der Waals surface area contributed by atoms with E-state index in [1.807, 2.05) is 0 Å². The van der Waals surface area contributed by atoms with Crippen molar-refractivity contribution in [2.24, 2.45) is 0 Å². The summed E-state index contributed by atoms with van der Waals surface area (Å²) in [4.78, 5) is 28.3. The fourth-order valence-electron chi connectivity index (χ4n) is 3.60. The topological polar surface area (TPSA) is 89.6 Å². The molecule has 1 heterocycles. The molecule has 0 bridgehead atoms. The number of amides is 2. The third-order valence-electron chi connectivity index (χ3n) is 5.26. The van der Waals surface area contributed by atoms with E-state index in [2.05, 4.69) is 26.3 Å². The number of carbonyl (C=O) groups excluding carboxylic acids is 2. The zero-order chi connectivity index (χ0) is 23.8. The number of carbonyl (C=O) groups is 2. The molecule has 2 aromatic rings. The number of hydrogen-bond acceptors (Lipinski definition) is 5. The third kappa shape index (κ3) is 7.08. The molecule has 3 rings (SSSR count). The number of nitrogens with zero attached hydrogens (tertiary/aromatic N) is 1. The van der Waals surface area contributed by atoms with Crippen molar-refractivity contribution >= 4 is 22.7 Å². The summed E-state index contributed by atoms with van der Waals surface area (Å²) in [6.45, 7) is -2.77. The van der Waals surface area contributed by atoms with Gasteiger partial charge in [0.2, 0.25) is 5.91 Å². The van der Waals surface area contributed by atoms with Gasteiger partial charge in [-0.2, -0.15) is 8.78 Å². The summed E-state index contributed by atoms with van der Waals surface area (Å²) in [5.74, 6) is 0.287. The summed E-state index contributed by atoms with van der Waals surface area (Å²) < 4.78 is 48.5. The maximum absolute atomic E-state index is 14.0. The number of aromatic nitrogens is 1. The molecule has 0 radical (unpaired) electrons. The lowest BCUT2D eigenvalue weighted by Crippen LogP contribution is -2.40. The second-order valence-electron chi connectivity index (χ2n) is 7.64. The van der Waals surface area contributed by atoms with E-state index >= 15 is 0 Å². The fourth-order valence-corrected chi connectivity index (χ4v) is 3.60. The van der Waals surface area contributed by atoms with Crippen molar-refractivity contribution < 1.29 is 32.2 Å². The second kappa shape index (κ2) is 11.5. The van der Waals surface area contributed by atoms with Gasteiger partial charge in [-0.15, -0.1) is 12.3 Å². The highest BCUT2D eigenvalue weighted by molar-refractivity contribution is 5.97. The van der Waals surface area contributed by atoms with E-state index in [1.165, 1.54) is 12.3 Å². The van der Waals surface area contributed by atoms with Gasteiger partial charge in [-0.3, -0.25) is 14.6 Å². The van der Waals surface area contributed by atoms with E-state index < -0.39 is 18.2 Å². The second-order valence-corrected chi connectivity index (χ2v) is 7.64. The van der Waals surface area contributed by atoms with Crippen LogP contribution in [0.4, 0.5) is 13.2 Å². The number of pyridine rings is 1. The number of halogens is 3. The molecular formula is C23H24F3N3O4. The maximum Gasteiger partial charge on any atom is 0.387 e. The molecule has 10 heteroatoms. The number of benzene rings is 1. The summed E-state index contributed by atoms with van der Waals surface area (Å²) in [6, 6.07) is 3.44. The van der Waals surface area contributed by atoms with Crippen LogP contribution < -0.4 is 15.4 Å². The molecule has 33 heavy (non-hydrogen) atoms. The predicted octanol–water partition coefficient (Wildman–Crippen LogP) is 3.17. The SMILES string of the molecule is C#CCCNC(=O)CO[C@H]1CC[C@H](NC(=O)c2cnc3cc(OC(F)F)c(F)cc3c2)CC1. The van der Waals surface area contributed by atoms with Crippen LogP contribution in [0.15, 0.2) is 24.4 Å². The van der Waals surface area contributed by atoms with Gasteiger partial charge in [0.15, 0.2) is 11.6 Å². The minimum atomic E-state index is -3.15. The molecule has 0 unspecified atom stereocenters. The zero-order valence-corrected chi connectivity index (χ0v) is 17.8. The van der Waals surface area contributed by atoms with E-state index in [0.29, 0.717) is 44.0 Å². The van der Waals surface area contributed by atoms with Crippen molar-refractivity contribution in [2.45, 2.75) is 50.9 Å². The molecule has 1 aromatic carbocycles. The van der Waals surface area contributed by atoms with Crippen molar-refractivity contribution in [1.82, 2.24) is 15.6 Å². The minimum absolute atomic E-state index is 0.0321. The first-order chi connectivity index (χ1) is 15.9. The summed E-state index contributed by atoms with van der Waals surface area (Å²) in [7, 11) is 0. The molecule has 0 atom stereocenters. The molecule has 1 fully saturated rings. The first-order valence-electron chi connectivity index (χ1n) is 10.5. The van der Waals surface area contributed by atoms with Crippen LogP contribution in [0.5, 0.6) is 5.75 Å². The Kier molecular flexibility index (Phi) is 8.49. The van der Waals surface area contributed by atoms with Crippen molar-refractivity contribution in [3.8, 4) is 18.1 Å². The summed E-state index contributed by atoms with van der Waals surface area (Å²) >= 11 is 0. The molecule has 1 aliphatic rings. The monoisotopic (exact) mass is 463 g/mol. The average Bonchev–Trinajstić information content (AvgIpc) is 2.78. The standard InChI is InChI=1S/C23H24F3N3O4/c1-2-3-8-27-21(30)13-32-17-6-4-16(5-7-17)29-22(31)15-9-14-10-18(24)20(33-23(25)26)11-19(14)28-12-15/h1,9-12,16-17,23H,3-8,13H2,(H,27,30)(H,29,31)/t16-,17-. The summed E-state index contributed by atoms with van der Waals surface area (Å²) in [5, 5.41) is 5.88. The van der Waals surface area contributed by atoms with E-state index in [1.54, 1.807) is 0 Å². The highest BCUT2D eigenvalue weighted by Gasteiger charge is 2.24. The molecule has 0 aliphatic heterocycles. The van der Waals surface area contributed by atoms with E-state index in [0.717, 1.165) is 12.1 Å². The van der Waals surface area contributed by atoms with Crippen molar-refractivity contribution in [1.29, 1.82) is 0 Å². The molecule has 1 saturated carbocycles. The van der Waals surface area contributed by atoms with Crippen LogP contribution in [0.1, 0.15) is 42.5 Å². The van der Waals surface area contributed by atoms with Gasteiger partial charge < -0.3 is 20.1 Å². The molecule has 0 saturated heterocycles. The van der Waals surface area contributed by atoms with E-state index in [9.17, 15) is 22.8 Å².